The van der Waals surface area contributed by atoms with Crippen LogP contribution in [0.2, 0.25) is 0 Å². The van der Waals surface area contributed by atoms with Crippen molar-refractivity contribution >= 4 is 5.91 Å². The van der Waals surface area contributed by atoms with Crippen LogP contribution in [0.3, 0.4) is 0 Å². The molecule has 0 atom stereocenters. The van der Waals surface area contributed by atoms with E-state index in [1.54, 1.807) is 14.0 Å². The minimum absolute atomic E-state index is 0.170. The van der Waals surface area contributed by atoms with Crippen LogP contribution < -0.4 is 5.43 Å². The zero-order valence-corrected chi connectivity index (χ0v) is 11.0. The van der Waals surface area contributed by atoms with E-state index in [-0.39, 0.29) is 16.9 Å². The Morgan fingerprint density at radius 2 is 1.95 bits per heavy atom. The average molecular weight is 256 g/mol. The first-order chi connectivity index (χ1) is 9.08. The van der Waals surface area contributed by atoms with Crippen LogP contribution in [-0.4, -0.2) is 22.8 Å². The van der Waals surface area contributed by atoms with E-state index in [4.69, 9.17) is 0 Å². The van der Waals surface area contributed by atoms with Crippen LogP contribution in [0.5, 0.6) is 0 Å². The number of amides is 1. The molecule has 4 heteroatoms. The van der Waals surface area contributed by atoms with Gasteiger partial charge in [-0.3, -0.25) is 9.59 Å². The summed E-state index contributed by atoms with van der Waals surface area (Å²) in [6.45, 7) is 2.26. The van der Waals surface area contributed by atoms with E-state index >= 15 is 0 Å². The molecule has 0 aliphatic carbocycles. The molecule has 0 radical (unpaired) electrons. The van der Waals surface area contributed by atoms with Crippen molar-refractivity contribution < 1.29 is 4.79 Å². The smallest absolute Gasteiger partial charge is 0.259 e. The van der Waals surface area contributed by atoms with Gasteiger partial charge < -0.3 is 9.88 Å². The van der Waals surface area contributed by atoms with Gasteiger partial charge in [-0.2, -0.15) is 0 Å². The highest BCUT2D eigenvalue weighted by molar-refractivity contribution is 5.93. The van der Waals surface area contributed by atoms with E-state index in [2.05, 4.69) is 4.98 Å². The molecule has 1 N–H and O–H groups in total. The van der Waals surface area contributed by atoms with Gasteiger partial charge in [0.1, 0.15) is 5.56 Å². The van der Waals surface area contributed by atoms with Crippen LogP contribution in [0.4, 0.5) is 0 Å². The van der Waals surface area contributed by atoms with Crippen LogP contribution in [0.1, 0.15) is 21.6 Å². The van der Waals surface area contributed by atoms with Crippen molar-refractivity contribution in [1.82, 2.24) is 9.88 Å². The fourth-order valence-electron chi connectivity index (χ4n) is 1.88. The third-order valence-electron chi connectivity index (χ3n) is 2.90. The molecule has 19 heavy (non-hydrogen) atoms. The fraction of sp³-hybridized carbons (Fsp3) is 0.200. The molecule has 0 saturated heterocycles. The predicted octanol–water partition coefficient (Wildman–Crippen LogP) is 1.96. The van der Waals surface area contributed by atoms with Gasteiger partial charge in [0.05, 0.1) is 0 Å². The van der Waals surface area contributed by atoms with Gasteiger partial charge in [-0.25, -0.2) is 0 Å². The summed E-state index contributed by atoms with van der Waals surface area (Å²) in [6.07, 6.45) is 1.47. The summed E-state index contributed by atoms with van der Waals surface area (Å²) in [7, 11) is 1.69. The van der Waals surface area contributed by atoms with Gasteiger partial charge in [-0.05, 0) is 12.5 Å². The third kappa shape index (κ3) is 3.10. The van der Waals surface area contributed by atoms with Crippen molar-refractivity contribution in [1.29, 1.82) is 0 Å². The van der Waals surface area contributed by atoms with E-state index < -0.39 is 0 Å². The Balaban J connectivity index is 2.17. The van der Waals surface area contributed by atoms with Gasteiger partial charge in [0, 0.05) is 31.5 Å². The lowest BCUT2D eigenvalue weighted by Crippen LogP contribution is -2.30. The van der Waals surface area contributed by atoms with Gasteiger partial charge in [0.25, 0.3) is 5.91 Å². The Hall–Kier alpha value is -2.36. The lowest BCUT2D eigenvalue weighted by atomic mass is 10.2. The summed E-state index contributed by atoms with van der Waals surface area (Å²) in [5.41, 5.74) is 1.69. The number of carbonyl (C=O) groups excluding carboxylic acids is 1. The first kappa shape index (κ1) is 13.1. The molecular weight excluding hydrogens is 240 g/mol. The lowest BCUT2D eigenvalue weighted by Gasteiger charge is -2.16. The number of pyridine rings is 1. The van der Waals surface area contributed by atoms with Gasteiger partial charge in [0.2, 0.25) is 0 Å². The molecule has 0 fully saturated rings. The Labute approximate surface area is 111 Å². The second-order valence-electron chi connectivity index (χ2n) is 4.54. The molecule has 1 aromatic heterocycles. The molecule has 0 aliphatic heterocycles. The summed E-state index contributed by atoms with van der Waals surface area (Å²) in [5.74, 6) is -0.273. The van der Waals surface area contributed by atoms with E-state index in [0.29, 0.717) is 6.54 Å². The topological polar surface area (TPSA) is 53.2 Å². The minimum atomic E-state index is -0.273. The molecule has 98 valence electrons. The molecule has 0 aliphatic rings. The summed E-state index contributed by atoms with van der Waals surface area (Å²) in [4.78, 5) is 28.4. The van der Waals surface area contributed by atoms with Crippen LogP contribution in [-0.2, 0) is 6.54 Å². The molecule has 4 nitrogen and oxygen atoms in total. The van der Waals surface area contributed by atoms with Crippen molar-refractivity contribution in [2.75, 3.05) is 7.05 Å². The second-order valence-corrected chi connectivity index (χ2v) is 4.54. The molecule has 0 saturated carbocycles. The van der Waals surface area contributed by atoms with Crippen LogP contribution in [0.25, 0.3) is 0 Å². The Bertz CT molecular complexity index is 632. The quantitative estimate of drug-likeness (QED) is 0.912. The number of carbonyl (C=O) groups is 1. The van der Waals surface area contributed by atoms with Crippen molar-refractivity contribution in [2.45, 2.75) is 13.5 Å². The number of benzene rings is 1. The number of nitrogens with one attached hydrogen (secondary N) is 1. The first-order valence-corrected chi connectivity index (χ1v) is 6.06. The molecule has 1 amide bonds. The number of nitrogens with zero attached hydrogens (tertiary/aromatic N) is 1. The fourth-order valence-corrected chi connectivity index (χ4v) is 1.88. The first-order valence-electron chi connectivity index (χ1n) is 6.06. The number of aryl methyl sites for hydroxylation is 1. The monoisotopic (exact) mass is 256 g/mol. The van der Waals surface area contributed by atoms with Crippen molar-refractivity contribution in [2.24, 2.45) is 0 Å². The van der Waals surface area contributed by atoms with E-state index in [9.17, 15) is 9.59 Å². The van der Waals surface area contributed by atoms with Crippen molar-refractivity contribution in [3.05, 3.63) is 69.6 Å². The van der Waals surface area contributed by atoms with Crippen molar-refractivity contribution in [3.8, 4) is 0 Å². The molecule has 1 aromatic carbocycles. The second kappa shape index (κ2) is 5.52. The number of aromatic amines is 1. The lowest BCUT2D eigenvalue weighted by molar-refractivity contribution is 0.0783. The maximum absolute atomic E-state index is 12.2. The maximum atomic E-state index is 12.2. The Morgan fingerprint density at radius 1 is 1.26 bits per heavy atom. The van der Waals surface area contributed by atoms with E-state index in [1.165, 1.54) is 17.2 Å². The van der Waals surface area contributed by atoms with E-state index in [1.807, 2.05) is 30.3 Å². The van der Waals surface area contributed by atoms with Crippen LogP contribution in [0, 0.1) is 6.92 Å². The molecule has 0 bridgehead atoms. The zero-order valence-electron chi connectivity index (χ0n) is 11.0. The predicted molar refractivity (Wildman–Crippen MR) is 74.0 cm³/mol. The summed E-state index contributed by atoms with van der Waals surface area (Å²) in [6, 6.07) is 11.1. The normalized spacial score (nSPS) is 10.2. The van der Waals surface area contributed by atoms with Gasteiger partial charge in [0.15, 0.2) is 5.43 Å². The van der Waals surface area contributed by atoms with Gasteiger partial charge in [-0.15, -0.1) is 0 Å². The highest BCUT2D eigenvalue weighted by Gasteiger charge is 2.15. The maximum Gasteiger partial charge on any atom is 0.259 e. The molecule has 1 heterocycles. The number of rotatable bonds is 3. The SMILES string of the molecule is Cc1cc(=O)c(C(=O)N(C)Cc2ccccc2)c[nH]1. The number of H-pyrrole nitrogens is 1. The average Bonchev–Trinajstić information content (AvgIpc) is 2.39. The number of aromatic nitrogens is 1. The summed E-state index contributed by atoms with van der Waals surface area (Å²) < 4.78 is 0. The number of hydrogen-bond donors (Lipinski definition) is 1. The molecular formula is C15H16N2O2. The van der Waals surface area contributed by atoms with E-state index in [0.717, 1.165) is 11.3 Å². The zero-order chi connectivity index (χ0) is 13.8. The van der Waals surface area contributed by atoms with Crippen LogP contribution in [0.15, 0.2) is 47.4 Å². The molecule has 2 aromatic rings. The van der Waals surface area contributed by atoms with Gasteiger partial charge in [-0.1, -0.05) is 30.3 Å². The largest absolute Gasteiger partial charge is 0.364 e. The molecule has 0 spiro atoms. The Morgan fingerprint density at radius 3 is 2.58 bits per heavy atom. The van der Waals surface area contributed by atoms with Gasteiger partial charge >= 0.3 is 0 Å². The molecule has 0 unspecified atom stereocenters. The summed E-state index contributed by atoms with van der Waals surface area (Å²) >= 11 is 0. The minimum Gasteiger partial charge on any atom is -0.364 e. The third-order valence-corrected chi connectivity index (χ3v) is 2.90. The standard InChI is InChI=1S/C15H16N2O2/c1-11-8-14(18)13(9-16-11)15(19)17(2)10-12-6-4-3-5-7-12/h3-9H,10H2,1-2H3,(H,16,18). The highest BCUT2D eigenvalue weighted by atomic mass is 16.2. The molecule has 2 rings (SSSR count). The van der Waals surface area contributed by atoms with Crippen LogP contribution >= 0.6 is 0 Å². The number of hydrogen-bond acceptors (Lipinski definition) is 2. The summed E-state index contributed by atoms with van der Waals surface area (Å²) in [5, 5.41) is 0. The highest BCUT2D eigenvalue weighted by Crippen LogP contribution is 2.05. The Kier molecular flexibility index (Phi) is 3.80. The van der Waals surface area contributed by atoms with Crippen molar-refractivity contribution in [3.63, 3.8) is 0 Å².